The number of rotatable bonds is 6. The topological polar surface area (TPSA) is 98.7 Å². The quantitative estimate of drug-likeness (QED) is 0.456. The SMILES string of the molecule is C=CC.CC(C)(CO)NC(=O)CN1CC(C(=O)Nc2cccc(Cl)c2)CCC1=O.Clc1ccccc1. The highest BCUT2D eigenvalue weighted by Crippen LogP contribution is 2.21. The maximum atomic E-state index is 12.5. The summed E-state index contributed by atoms with van der Waals surface area (Å²) >= 11 is 11.5. The molecule has 196 valence electrons. The second-order valence-corrected chi connectivity index (χ2v) is 9.68. The summed E-state index contributed by atoms with van der Waals surface area (Å²) in [5, 5.41) is 16.0. The van der Waals surface area contributed by atoms with Gasteiger partial charge in [0.05, 0.1) is 24.6 Å². The van der Waals surface area contributed by atoms with Gasteiger partial charge in [-0.2, -0.15) is 0 Å². The molecular weight excluding hydrogens is 501 g/mol. The van der Waals surface area contributed by atoms with E-state index in [1.165, 1.54) is 4.90 Å². The summed E-state index contributed by atoms with van der Waals surface area (Å²) in [7, 11) is 0. The summed E-state index contributed by atoms with van der Waals surface area (Å²) in [5.74, 6) is -1.13. The second-order valence-electron chi connectivity index (χ2n) is 8.80. The van der Waals surface area contributed by atoms with Gasteiger partial charge in [-0.25, -0.2) is 0 Å². The number of allylic oxidation sites excluding steroid dienone is 1. The van der Waals surface area contributed by atoms with Crippen LogP contribution >= 0.6 is 23.2 Å². The fourth-order valence-corrected chi connectivity index (χ4v) is 3.47. The zero-order valence-electron chi connectivity index (χ0n) is 21.0. The molecule has 1 aliphatic heterocycles. The number of aliphatic hydroxyl groups is 1. The number of carbonyl (C=O) groups excluding carboxylic acids is 3. The van der Waals surface area contributed by atoms with Crippen molar-refractivity contribution in [1.82, 2.24) is 10.2 Å². The Hall–Kier alpha value is -2.87. The first-order valence-electron chi connectivity index (χ1n) is 11.5. The van der Waals surface area contributed by atoms with Crippen molar-refractivity contribution < 1.29 is 19.5 Å². The molecule has 1 saturated heterocycles. The number of hydrogen-bond acceptors (Lipinski definition) is 4. The molecule has 1 atom stereocenters. The normalized spacial score (nSPS) is 14.9. The third-order valence-corrected chi connectivity index (χ3v) is 5.39. The number of likely N-dealkylation sites (tertiary alicyclic amines) is 1. The van der Waals surface area contributed by atoms with Crippen LogP contribution in [0.1, 0.15) is 33.6 Å². The summed E-state index contributed by atoms with van der Waals surface area (Å²) in [6.07, 6.45) is 2.40. The van der Waals surface area contributed by atoms with Crippen LogP contribution in [0.5, 0.6) is 0 Å². The fourth-order valence-electron chi connectivity index (χ4n) is 3.14. The number of aliphatic hydroxyl groups excluding tert-OH is 1. The van der Waals surface area contributed by atoms with Crippen LogP contribution in [0.25, 0.3) is 0 Å². The van der Waals surface area contributed by atoms with Gasteiger partial charge in [-0.1, -0.05) is 53.5 Å². The van der Waals surface area contributed by atoms with Crippen LogP contribution in [0.4, 0.5) is 5.69 Å². The number of nitrogens with zero attached hydrogens (tertiary/aromatic N) is 1. The van der Waals surface area contributed by atoms with E-state index in [0.717, 1.165) is 5.02 Å². The third kappa shape index (κ3) is 12.2. The van der Waals surface area contributed by atoms with Crippen LogP contribution in [0.2, 0.25) is 10.0 Å². The number of nitrogens with one attached hydrogen (secondary N) is 2. The average molecular weight is 537 g/mol. The van der Waals surface area contributed by atoms with Crippen molar-refractivity contribution in [1.29, 1.82) is 0 Å². The molecule has 0 spiro atoms. The second kappa shape index (κ2) is 16.0. The van der Waals surface area contributed by atoms with Gasteiger partial charge in [0, 0.05) is 28.7 Å². The lowest BCUT2D eigenvalue weighted by molar-refractivity contribution is -0.141. The zero-order valence-corrected chi connectivity index (χ0v) is 22.5. The third-order valence-electron chi connectivity index (χ3n) is 4.90. The van der Waals surface area contributed by atoms with Crippen LogP contribution in [0.15, 0.2) is 67.3 Å². The molecule has 1 unspecified atom stereocenters. The first-order chi connectivity index (χ1) is 17.0. The highest BCUT2D eigenvalue weighted by atomic mass is 35.5. The van der Waals surface area contributed by atoms with Crippen molar-refractivity contribution in [2.24, 2.45) is 5.92 Å². The Morgan fingerprint density at radius 3 is 2.28 bits per heavy atom. The Balaban J connectivity index is 0.000000540. The Morgan fingerprint density at radius 2 is 1.75 bits per heavy atom. The molecule has 9 heteroatoms. The lowest BCUT2D eigenvalue weighted by Gasteiger charge is -2.32. The largest absolute Gasteiger partial charge is 0.394 e. The maximum absolute atomic E-state index is 12.5. The van der Waals surface area contributed by atoms with Crippen LogP contribution in [-0.4, -0.2) is 53.0 Å². The van der Waals surface area contributed by atoms with Crippen molar-refractivity contribution >= 4 is 46.6 Å². The molecule has 0 bridgehead atoms. The van der Waals surface area contributed by atoms with E-state index < -0.39 is 11.5 Å². The maximum Gasteiger partial charge on any atom is 0.240 e. The molecule has 0 radical (unpaired) electrons. The predicted octanol–water partition coefficient (Wildman–Crippen LogP) is 4.94. The van der Waals surface area contributed by atoms with E-state index in [4.69, 9.17) is 23.2 Å². The van der Waals surface area contributed by atoms with Gasteiger partial charge in [-0.3, -0.25) is 14.4 Å². The molecule has 3 N–H and O–H groups in total. The molecule has 1 heterocycles. The summed E-state index contributed by atoms with van der Waals surface area (Å²) in [6.45, 7) is 8.45. The number of piperidine rings is 1. The van der Waals surface area contributed by atoms with Crippen molar-refractivity contribution in [2.45, 2.75) is 39.2 Å². The summed E-state index contributed by atoms with van der Waals surface area (Å²) < 4.78 is 0. The van der Waals surface area contributed by atoms with E-state index in [2.05, 4.69) is 17.2 Å². The van der Waals surface area contributed by atoms with Crippen LogP contribution in [0.3, 0.4) is 0 Å². The van der Waals surface area contributed by atoms with E-state index in [1.807, 2.05) is 37.3 Å². The molecule has 36 heavy (non-hydrogen) atoms. The van der Waals surface area contributed by atoms with Crippen LogP contribution in [0, 0.1) is 5.92 Å². The van der Waals surface area contributed by atoms with Crippen molar-refractivity contribution in [3.8, 4) is 0 Å². The standard InChI is InChI=1S/C18H24ClN3O4.C6H5Cl.C3H6/c1-18(2,11-23)21-15(24)10-22-9-12(6-7-16(22)25)17(26)20-14-5-3-4-13(19)8-14;7-6-4-2-1-3-5-6;1-3-2/h3-5,8,12,23H,6-7,9-11H2,1-2H3,(H,20,26)(H,21,24);1-5H;3H,1H2,2H3. The van der Waals surface area contributed by atoms with Gasteiger partial charge in [0.25, 0.3) is 0 Å². The molecule has 1 fully saturated rings. The molecule has 7 nitrogen and oxygen atoms in total. The number of carbonyl (C=O) groups is 3. The predicted molar refractivity (Wildman–Crippen MR) is 146 cm³/mol. The first kappa shape index (κ1) is 31.2. The Bertz CT molecular complexity index is 1000. The van der Waals surface area contributed by atoms with Gasteiger partial charge in [0.15, 0.2) is 0 Å². The molecule has 3 amide bonds. The fraction of sp³-hybridized carbons (Fsp3) is 0.370. The number of halogens is 2. The lowest BCUT2D eigenvalue weighted by Crippen LogP contribution is -2.53. The van der Waals surface area contributed by atoms with E-state index >= 15 is 0 Å². The van der Waals surface area contributed by atoms with Crippen LogP contribution in [-0.2, 0) is 14.4 Å². The smallest absolute Gasteiger partial charge is 0.240 e. The Labute approximate surface area is 223 Å². The van der Waals surface area contributed by atoms with E-state index in [-0.39, 0.29) is 43.8 Å². The van der Waals surface area contributed by atoms with Crippen molar-refractivity contribution in [3.05, 3.63) is 77.3 Å². The highest BCUT2D eigenvalue weighted by molar-refractivity contribution is 6.31. The van der Waals surface area contributed by atoms with Gasteiger partial charge >= 0.3 is 0 Å². The van der Waals surface area contributed by atoms with E-state index in [1.54, 1.807) is 44.2 Å². The van der Waals surface area contributed by atoms with Crippen LogP contribution < -0.4 is 10.6 Å². The van der Waals surface area contributed by atoms with E-state index in [9.17, 15) is 19.5 Å². The lowest BCUT2D eigenvalue weighted by atomic mass is 9.96. The molecule has 3 rings (SSSR count). The monoisotopic (exact) mass is 535 g/mol. The Morgan fingerprint density at radius 1 is 1.14 bits per heavy atom. The molecule has 2 aromatic carbocycles. The molecule has 2 aromatic rings. The zero-order chi connectivity index (χ0) is 27.1. The minimum Gasteiger partial charge on any atom is -0.394 e. The molecule has 0 aromatic heterocycles. The van der Waals surface area contributed by atoms with Gasteiger partial charge in [-0.15, -0.1) is 6.58 Å². The summed E-state index contributed by atoms with van der Waals surface area (Å²) in [5.41, 5.74) is -0.174. The average Bonchev–Trinajstić information content (AvgIpc) is 2.81. The minimum absolute atomic E-state index is 0.136. The van der Waals surface area contributed by atoms with Gasteiger partial charge in [0.2, 0.25) is 17.7 Å². The number of anilines is 1. The number of hydrogen-bond donors (Lipinski definition) is 3. The minimum atomic E-state index is -0.765. The van der Waals surface area contributed by atoms with Crippen molar-refractivity contribution in [2.75, 3.05) is 25.0 Å². The van der Waals surface area contributed by atoms with Gasteiger partial charge in [0.1, 0.15) is 0 Å². The summed E-state index contributed by atoms with van der Waals surface area (Å²) in [4.78, 5) is 38.0. The molecular formula is C27H35Cl2N3O4. The van der Waals surface area contributed by atoms with E-state index in [0.29, 0.717) is 17.1 Å². The Kier molecular flexibility index (Phi) is 13.8. The van der Waals surface area contributed by atoms with Gasteiger partial charge < -0.3 is 20.6 Å². The molecule has 1 aliphatic rings. The molecule has 0 saturated carbocycles. The summed E-state index contributed by atoms with van der Waals surface area (Å²) in [6, 6.07) is 16.3. The first-order valence-corrected chi connectivity index (χ1v) is 12.3. The highest BCUT2D eigenvalue weighted by Gasteiger charge is 2.32. The number of benzene rings is 2. The van der Waals surface area contributed by atoms with Crippen molar-refractivity contribution in [3.63, 3.8) is 0 Å². The number of amides is 3. The molecule has 0 aliphatic carbocycles. The van der Waals surface area contributed by atoms with Gasteiger partial charge in [-0.05, 0) is 57.5 Å².